The topological polar surface area (TPSA) is 143 Å². The van der Waals surface area contributed by atoms with E-state index in [0.717, 1.165) is 11.1 Å². The van der Waals surface area contributed by atoms with Crippen LogP contribution in [-0.4, -0.2) is 70.8 Å². The number of aliphatic hydroxyl groups is 1. The van der Waals surface area contributed by atoms with Gasteiger partial charge in [-0.3, -0.25) is 14.4 Å². The van der Waals surface area contributed by atoms with Gasteiger partial charge in [-0.2, -0.15) is 0 Å². The van der Waals surface area contributed by atoms with Crippen LogP contribution in [0.1, 0.15) is 40.9 Å². The molecule has 3 atom stereocenters. The first-order valence-corrected chi connectivity index (χ1v) is 15.7. The van der Waals surface area contributed by atoms with Gasteiger partial charge in [0.05, 0.1) is 42.4 Å². The first kappa shape index (κ1) is 34.0. The standard InChI is InChI=1S/C33H39ClN4O6S/c1-19-9-6-7-10-21(19)17-36-31(41)29-33(2,3)45-18-38(29)32(42)28(39)26(15-20-13-22(43-4)16-23(14-20)44-5)37-30(40)24-11-8-12-25(35)27(24)34/h6-14,16,26,28-29,39H,15,17-18,35H2,1-5H3,(H,36,41)(H,37,40)/t26-,28-,29?/m0/s1. The molecular weight excluding hydrogens is 616 g/mol. The number of nitrogens with one attached hydrogen (secondary N) is 2. The SMILES string of the molecule is COc1cc(C[C@H](NC(=O)c2cccc(N)c2Cl)[C@H](O)C(=O)N2CSC(C)(C)C2C(=O)NCc2ccccc2C)cc(OC)c1. The van der Waals surface area contributed by atoms with E-state index in [0.29, 0.717) is 23.6 Å². The van der Waals surface area contributed by atoms with Crippen LogP contribution >= 0.6 is 23.4 Å². The minimum Gasteiger partial charge on any atom is -0.497 e. The van der Waals surface area contributed by atoms with Gasteiger partial charge in [-0.05, 0) is 68.1 Å². The van der Waals surface area contributed by atoms with E-state index in [-0.39, 0.29) is 34.5 Å². The molecule has 1 heterocycles. The van der Waals surface area contributed by atoms with Crippen LogP contribution in [-0.2, 0) is 22.6 Å². The number of nitrogen functional groups attached to an aromatic ring is 1. The Hall–Kier alpha value is -3.93. The van der Waals surface area contributed by atoms with Crippen molar-refractivity contribution in [3.63, 3.8) is 0 Å². The van der Waals surface area contributed by atoms with Crippen molar-refractivity contribution in [2.75, 3.05) is 25.8 Å². The zero-order chi connectivity index (χ0) is 32.9. The highest BCUT2D eigenvalue weighted by atomic mass is 35.5. The molecule has 5 N–H and O–H groups in total. The normalized spacial score (nSPS) is 16.9. The number of thioether (sulfide) groups is 1. The van der Waals surface area contributed by atoms with Crippen molar-refractivity contribution in [3.8, 4) is 11.5 Å². The fraction of sp³-hybridized carbons (Fsp3) is 0.364. The lowest BCUT2D eigenvalue weighted by Crippen LogP contribution is -2.58. The summed E-state index contributed by atoms with van der Waals surface area (Å²) in [5.74, 6) is -0.474. The Morgan fingerprint density at radius 2 is 1.76 bits per heavy atom. The van der Waals surface area contributed by atoms with Gasteiger partial charge in [0, 0.05) is 17.4 Å². The van der Waals surface area contributed by atoms with E-state index in [1.165, 1.54) is 36.9 Å². The lowest BCUT2D eigenvalue weighted by Gasteiger charge is -2.33. The van der Waals surface area contributed by atoms with E-state index >= 15 is 0 Å². The van der Waals surface area contributed by atoms with Gasteiger partial charge >= 0.3 is 0 Å². The molecule has 1 saturated heterocycles. The Morgan fingerprint density at radius 1 is 1.09 bits per heavy atom. The first-order valence-electron chi connectivity index (χ1n) is 14.4. The maximum atomic E-state index is 14.0. The number of carbonyl (C=O) groups is 3. The highest BCUT2D eigenvalue weighted by molar-refractivity contribution is 8.00. The average Bonchev–Trinajstić information content (AvgIpc) is 3.35. The van der Waals surface area contributed by atoms with Crippen LogP contribution in [0.3, 0.4) is 0 Å². The number of halogens is 1. The molecule has 4 rings (SSSR count). The number of hydrogen-bond donors (Lipinski definition) is 4. The van der Waals surface area contributed by atoms with Crippen LogP contribution in [0, 0.1) is 6.92 Å². The predicted octanol–water partition coefficient (Wildman–Crippen LogP) is 3.95. The summed E-state index contributed by atoms with van der Waals surface area (Å²) in [6, 6.07) is 15.5. The molecule has 12 heteroatoms. The molecule has 1 aliphatic rings. The fourth-order valence-electron chi connectivity index (χ4n) is 5.29. The Balaban J connectivity index is 1.62. The second-order valence-electron chi connectivity index (χ2n) is 11.4. The van der Waals surface area contributed by atoms with Crippen molar-refractivity contribution in [3.05, 3.63) is 87.9 Å². The zero-order valence-corrected chi connectivity index (χ0v) is 27.5. The van der Waals surface area contributed by atoms with Crippen LogP contribution in [0.2, 0.25) is 5.02 Å². The summed E-state index contributed by atoms with van der Waals surface area (Å²) in [7, 11) is 3.02. The van der Waals surface area contributed by atoms with Gasteiger partial charge in [-0.15, -0.1) is 11.8 Å². The van der Waals surface area contributed by atoms with Gasteiger partial charge in [-0.25, -0.2) is 0 Å². The molecule has 0 bridgehead atoms. The first-order chi connectivity index (χ1) is 21.4. The third-order valence-electron chi connectivity index (χ3n) is 7.88. The monoisotopic (exact) mass is 654 g/mol. The second kappa shape index (κ2) is 14.4. The number of carbonyl (C=O) groups excluding carboxylic acids is 3. The van der Waals surface area contributed by atoms with E-state index in [1.807, 2.05) is 45.0 Å². The molecule has 10 nitrogen and oxygen atoms in total. The summed E-state index contributed by atoms with van der Waals surface area (Å²) in [5.41, 5.74) is 8.85. The van der Waals surface area contributed by atoms with Gasteiger partial charge < -0.3 is 35.8 Å². The van der Waals surface area contributed by atoms with Crippen LogP contribution in [0.15, 0.2) is 60.7 Å². The van der Waals surface area contributed by atoms with Crippen molar-refractivity contribution in [1.29, 1.82) is 0 Å². The number of aryl methyl sites for hydroxylation is 1. The van der Waals surface area contributed by atoms with Crippen molar-refractivity contribution in [2.24, 2.45) is 0 Å². The van der Waals surface area contributed by atoms with Crippen LogP contribution < -0.4 is 25.8 Å². The molecule has 3 aromatic rings. The van der Waals surface area contributed by atoms with E-state index in [4.69, 9.17) is 26.8 Å². The number of nitrogens with zero attached hydrogens (tertiary/aromatic N) is 1. The molecule has 0 spiro atoms. The molecule has 1 fully saturated rings. The molecule has 0 aliphatic carbocycles. The minimum atomic E-state index is -1.72. The van der Waals surface area contributed by atoms with E-state index in [1.54, 1.807) is 30.3 Å². The van der Waals surface area contributed by atoms with E-state index < -0.39 is 34.7 Å². The van der Waals surface area contributed by atoms with Crippen molar-refractivity contribution in [2.45, 2.75) is 56.7 Å². The highest BCUT2D eigenvalue weighted by Gasteiger charge is 2.49. The maximum Gasteiger partial charge on any atom is 0.254 e. The van der Waals surface area contributed by atoms with Gasteiger partial charge in [0.2, 0.25) is 5.91 Å². The summed E-state index contributed by atoms with van der Waals surface area (Å²) in [6.07, 6.45) is -1.69. The Bertz CT molecular complexity index is 1550. The van der Waals surface area contributed by atoms with Gasteiger partial charge in [0.25, 0.3) is 11.8 Å². The van der Waals surface area contributed by atoms with E-state index in [9.17, 15) is 19.5 Å². The molecule has 240 valence electrons. The van der Waals surface area contributed by atoms with Crippen molar-refractivity contribution in [1.82, 2.24) is 15.5 Å². The van der Waals surface area contributed by atoms with Crippen molar-refractivity contribution >= 4 is 46.8 Å². The summed E-state index contributed by atoms with van der Waals surface area (Å²) in [5, 5.41) is 17.4. The number of benzene rings is 3. The third kappa shape index (κ3) is 7.84. The quantitative estimate of drug-likeness (QED) is 0.228. The number of hydrogen-bond acceptors (Lipinski definition) is 8. The molecule has 1 aliphatic heterocycles. The average molecular weight is 655 g/mol. The smallest absolute Gasteiger partial charge is 0.254 e. The molecule has 45 heavy (non-hydrogen) atoms. The summed E-state index contributed by atoms with van der Waals surface area (Å²) in [6.45, 7) is 6.04. The minimum absolute atomic E-state index is 0.0284. The van der Waals surface area contributed by atoms with Crippen LogP contribution in [0.4, 0.5) is 5.69 Å². The lowest BCUT2D eigenvalue weighted by molar-refractivity contribution is -0.147. The number of nitrogens with two attached hydrogens (primary N) is 1. The van der Waals surface area contributed by atoms with Crippen LogP contribution in [0.25, 0.3) is 0 Å². The molecular formula is C33H39ClN4O6S. The number of anilines is 1. The second-order valence-corrected chi connectivity index (χ2v) is 13.4. The fourth-order valence-corrected chi connectivity index (χ4v) is 6.65. The molecule has 3 amide bonds. The van der Waals surface area contributed by atoms with Gasteiger partial charge in [0.1, 0.15) is 17.5 Å². The maximum absolute atomic E-state index is 14.0. The number of amides is 3. The number of rotatable bonds is 11. The molecule has 0 radical (unpaired) electrons. The summed E-state index contributed by atoms with van der Waals surface area (Å²) < 4.78 is 10.1. The third-order valence-corrected chi connectivity index (χ3v) is 9.68. The Morgan fingerprint density at radius 3 is 2.40 bits per heavy atom. The summed E-state index contributed by atoms with van der Waals surface area (Å²) in [4.78, 5) is 42.4. The Labute approximate surface area is 272 Å². The predicted molar refractivity (Wildman–Crippen MR) is 177 cm³/mol. The molecule has 3 aromatic carbocycles. The number of aliphatic hydroxyl groups excluding tert-OH is 1. The van der Waals surface area contributed by atoms with Crippen LogP contribution in [0.5, 0.6) is 11.5 Å². The van der Waals surface area contributed by atoms with Gasteiger partial charge in [-0.1, -0.05) is 41.9 Å². The lowest BCUT2D eigenvalue weighted by atomic mass is 9.96. The Kier molecular flexibility index (Phi) is 10.9. The van der Waals surface area contributed by atoms with Crippen molar-refractivity contribution < 1.29 is 29.0 Å². The largest absolute Gasteiger partial charge is 0.497 e. The summed E-state index contributed by atoms with van der Waals surface area (Å²) >= 11 is 7.76. The van der Waals surface area contributed by atoms with Gasteiger partial charge in [0.15, 0.2) is 6.10 Å². The zero-order valence-electron chi connectivity index (χ0n) is 25.9. The van der Waals surface area contributed by atoms with E-state index in [2.05, 4.69) is 10.6 Å². The molecule has 1 unspecified atom stereocenters. The highest BCUT2D eigenvalue weighted by Crippen LogP contribution is 2.40. The number of methoxy groups -OCH3 is 2. The molecule has 0 saturated carbocycles. The molecule has 0 aromatic heterocycles. The number of ether oxygens (including phenoxy) is 2.